The molecule has 3 nitrogen and oxygen atoms in total. The Labute approximate surface area is 67.1 Å². The van der Waals surface area contributed by atoms with Gasteiger partial charge in [-0.05, 0) is 13.0 Å². The van der Waals surface area contributed by atoms with Crippen LogP contribution < -0.4 is 0 Å². The number of rotatable bonds is 3. The Morgan fingerprint density at radius 3 is 2.27 bits per heavy atom. The minimum atomic E-state index is -3.24. The van der Waals surface area contributed by atoms with Crippen LogP contribution in [0.3, 0.4) is 0 Å². The minimum absolute atomic E-state index is 0.130. The molecule has 62 valence electrons. The molecule has 0 aliphatic rings. The van der Waals surface area contributed by atoms with E-state index in [0.717, 1.165) is 6.26 Å². The molecule has 0 fully saturated rings. The van der Waals surface area contributed by atoms with Gasteiger partial charge in [0.15, 0.2) is 9.84 Å². The second kappa shape index (κ2) is 3.48. The Bertz CT molecular complexity index is 298. The Hall–Kier alpha value is -0.900. The van der Waals surface area contributed by atoms with E-state index in [9.17, 15) is 8.42 Å². The van der Waals surface area contributed by atoms with E-state index < -0.39 is 9.84 Å². The van der Waals surface area contributed by atoms with Crippen molar-refractivity contribution < 1.29 is 8.42 Å². The molecule has 0 aromatic carbocycles. The van der Waals surface area contributed by atoms with Crippen LogP contribution in [0.5, 0.6) is 0 Å². The van der Waals surface area contributed by atoms with Gasteiger partial charge in [-0.1, -0.05) is 13.2 Å². The molecule has 0 saturated carbocycles. The second-order valence-corrected chi connectivity index (χ2v) is 4.14. The monoisotopic (exact) mass is 173 g/mol. The van der Waals surface area contributed by atoms with E-state index in [1.54, 1.807) is 6.92 Å². The normalized spacial score (nSPS) is 12.7. The fourth-order valence-corrected chi connectivity index (χ4v) is 0.635. The molecule has 0 saturated heterocycles. The molecule has 0 rings (SSSR count). The molecule has 0 aromatic heterocycles. The van der Waals surface area contributed by atoms with E-state index in [2.05, 4.69) is 18.2 Å². The first kappa shape index (κ1) is 10.1. The molecule has 0 radical (unpaired) electrons. The Morgan fingerprint density at radius 1 is 1.55 bits per heavy atom. The summed E-state index contributed by atoms with van der Waals surface area (Å²) in [5, 5.41) is -0.130. The van der Waals surface area contributed by atoms with Gasteiger partial charge in [0, 0.05) is 12.0 Å². The van der Waals surface area contributed by atoms with Gasteiger partial charge in [-0.3, -0.25) is 0 Å². The fourth-order valence-electron chi connectivity index (χ4n) is 0.325. The van der Waals surface area contributed by atoms with Crippen LogP contribution in [0.2, 0.25) is 0 Å². The van der Waals surface area contributed by atoms with Crippen LogP contribution in [0.25, 0.3) is 0 Å². The standard InChI is InChI=1S/C7H11NO2S/c1-5-6(2)8-7(3)11(4,9)10/h5H,1,3H2,2,4H3/b8-6+. The summed E-state index contributed by atoms with van der Waals surface area (Å²) in [6, 6.07) is 0. The maximum absolute atomic E-state index is 10.7. The largest absolute Gasteiger partial charge is 0.242 e. The summed E-state index contributed by atoms with van der Waals surface area (Å²) < 4.78 is 21.5. The first-order chi connectivity index (χ1) is 4.88. The zero-order valence-corrected chi connectivity index (χ0v) is 7.48. The topological polar surface area (TPSA) is 46.5 Å². The quantitative estimate of drug-likeness (QED) is 0.601. The van der Waals surface area contributed by atoms with Crippen molar-refractivity contribution in [3.05, 3.63) is 24.3 Å². The van der Waals surface area contributed by atoms with Crippen LogP contribution in [0.1, 0.15) is 6.92 Å². The summed E-state index contributed by atoms with van der Waals surface area (Å²) in [5.41, 5.74) is 0.542. The number of nitrogens with zero attached hydrogens (tertiary/aromatic N) is 1. The average molecular weight is 173 g/mol. The van der Waals surface area contributed by atoms with Crippen molar-refractivity contribution in [3.63, 3.8) is 0 Å². The Kier molecular flexibility index (Phi) is 3.19. The Morgan fingerprint density at radius 2 is 2.00 bits per heavy atom. The molecule has 0 aliphatic heterocycles. The van der Waals surface area contributed by atoms with Crippen molar-refractivity contribution in [2.75, 3.05) is 6.26 Å². The molecule has 0 unspecified atom stereocenters. The van der Waals surface area contributed by atoms with Crippen molar-refractivity contribution in [1.82, 2.24) is 0 Å². The number of hydrogen-bond donors (Lipinski definition) is 0. The maximum atomic E-state index is 10.7. The highest BCUT2D eigenvalue weighted by Gasteiger charge is 2.05. The van der Waals surface area contributed by atoms with Crippen molar-refractivity contribution in [2.45, 2.75) is 6.92 Å². The Balaban J connectivity index is 4.70. The van der Waals surface area contributed by atoms with Gasteiger partial charge in [0.2, 0.25) is 0 Å². The lowest BCUT2D eigenvalue weighted by molar-refractivity contribution is 0.607. The molecule has 0 bridgehead atoms. The first-order valence-corrected chi connectivity index (χ1v) is 4.83. The highest BCUT2D eigenvalue weighted by molar-refractivity contribution is 7.94. The number of sulfone groups is 1. The molecule has 0 spiro atoms. The molecule has 0 aliphatic carbocycles. The zero-order chi connectivity index (χ0) is 9.07. The summed E-state index contributed by atoms with van der Waals surface area (Å²) in [6.07, 6.45) is 2.53. The highest BCUT2D eigenvalue weighted by Crippen LogP contribution is 2.02. The van der Waals surface area contributed by atoms with Gasteiger partial charge >= 0.3 is 0 Å². The van der Waals surface area contributed by atoms with Crippen LogP contribution in [0.15, 0.2) is 29.3 Å². The summed E-state index contributed by atoms with van der Waals surface area (Å²) >= 11 is 0. The second-order valence-electron chi connectivity index (χ2n) is 2.12. The third-order valence-corrected chi connectivity index (χ3v) is 1.97. The van der Waals surface area contributed by atoms with Gasteiger partial charge in [0.1, 0.15) is 5.03 Å². The predicted molar refractivity (Wildman–Crippen MR) is 47.3 cm³/mol. The van der Waals surface area contributed by atoms with Gasteiger partial charge in [0.25, 0.3) is 0 Å². The fraction of sp³-hybridized carbons (Fsp3) is 0.286. The molecule has 11 heavy (non-hydrogen) atoms. The predicted octanol–water partition coefficient (Wildman–Crippen LogP) is 1.15. The van der Waals surface area contributed by atoms with Gasteiger partial charge in [-0.15, -0.1) is 0 Å². The summed E-state index contributed by atoms with van der Waals surface area (Å²) in [6.45, 7) is 8.38. The molecule has 4 heteroatoms. The molecular weight excluding hydrogens is 162 g/mol. The number of allylic oxidation sites excluding steroid dienone is 1. The van der Waals surface area contributed by atoms with Crippen LogP contribution >= 0.6 is 0 Å². The van der Waals surface area contributed by atoms with Gasteiger partial charge in [-0.25, -0.2) is 13.4 Å². The van der Waals surface area contributed by atoms with Gasteiger partial charge < -0.3 is 0 Å². The SMILES string of the molecule is C=C/C(C)=N/C(=C)S(C)(=O)=O. The van der Waals surface area contributed by atoms with E-state index in [4.69, 9.17) is 0 Å². The van der Waals surface area contributed by atoms with E-state index in [1.807, 2.05) is 0 Å². The lowest BCUT2D eigenvalue weighted by atomic mass is 10.4. The molecule has 0 amide bonds. The van der Waals surface area contributed by atoms with E-state index in [-0.39, 0.29) is 5.03 Å². The van der Waals surface area contributed by atoms with Crippen LogP contribution in [0.4, 0.5) is 0 Å². The van der Waals surface area contributed by atoms with Crippen molar-refractivity contribution in [1.29, 1.82) is 0 Å². The zero-order valence-electron chi connectivity index (χ0n) is 6.66. The number of aliphatic imine (C=N–C) groups is 1. The maximum Gasteiger partial charge on any atom is 0.192 e. The molecule has 0 aromatic rings. The highest BCUT2D eigenvalue weighted by atomic mass is 32.2. The summed E-state index contributed by atoms with van der Waals surface area (Å²) in [4.78, 5) is 3.68. The lowest BCUT2D eigenvalue weighted by Crippen LogP contribution is -1.98. The van der Waals surface area contributed by atoms with Gasteiger partial charge in [-0.2, -0.15) is 0 Å². The van der Waals surface area contributed by atoms with Gasteiger partial charge in [0.05, 0.1) is 0 Å². The van der Waals surface area contributed by atoms with Crippen molar-refractivity contribution in [3.8, 4) is 0 Å². The number of hydrogen-bond acceptors (Lipinski definition) is 3. The van der Waals surface area contributed by atoms with Crippen molar-refractivity contribution >= 4 is 15.5 Å². The summed E-state index contributed by atoms with van der Waals surface area (Å²) in [7, 11) is -3.24. The van der Waals surface area contributed by atoms with Crippen molar-refractivity contribution in [2.24, 2.45) is 4.99 Å². The smallest absolute Gasteiger partial charge is 0.192 e. The van der Waals surface area contributed by atoms with E-state index >= 15 is 0 Å². The van der Waals surface area contributed by atoms with E-state index in [0.29, 0.717) is 5.71 Å². The third kappa shape index (κ3) is 3.72. The molecule has 0 heterocycles. The molecule has 0 N–H and O–H groups in total. The van der Waals surface area contributed by atoms with Crippen LogP contribution in [-0.4, -0.2) is 20.4 Å². The summed E-state index contributed by atoms with van der Waals surface area (Å²) in [5.74, 6) is 0. The first-order valence-electron chi connectivity index (χ1n) is 2.94. The van der Waals surface area contributed by atoms with Crippen LogP contribution in [-0.2, 0) is 9.84 Å². The lowest BCUT2D eigenvalue weighted by Gasteiger charge is -1.95. The van der Waals surface area contributed by atoms with Crippen LogP contribution in [0, 0.1) is 0 Å². The van der Waals surface area contributed by atoms with E-state index in [1.165, 1.54) is 6.08 Å². The third-order valence-electron chi connectivity index (χ3n) is 1.02. The molecule has 0 atom stereocenters. The average Bonchev–Trinajstić information content (AvgIpc) is 1.85. The minimum Gasteiger partial charge on any atom is -0.242 e. The molecular formula is C7H11NO2S.